The minimum absolute atomic E-state index is 0.0484. The molecule has 0 saturated heterocycles. The molecule has 4 rings (SSSR count). The standard InChI is InChI=1S/C27H31FN6O2/c1-31(2)15-5-6-24(35)33-17-22(16-25(36)32(3)4)34-23(18-33)26(19-11-13-29-14-12-19)27(30-34)20-7-9-21(28)10-8-20/h5-14,22H,15-18H2,1-4H3/b6-5+/t22-/m1/s1. The molecule has 3 aromatic rings. The Labute approximate surface area is 210 Å². The lowest BCUT2D eigenvalue weighted by Crippen LogP contribution is -2.42. The summed E-state index contributed by atoms with van der Waals surface area (Å²) in [7, 11) is 7.31. The van der Waals surface area contributed by atoms with E-state index in [0.717, 1.165) is 22.4 Å². The van der Waals surface area contributed by atoms with E-state index in [1.165, 1.54) is 12.1 Å². The van der Waals surface area contributed by atoms with E-state index in [-0.39, 0.29) is 30.1 Å². The van der Waals surface area contributed by atoms with E-state index in [4.69, 9.17) is 5.10 Å². The molecule has 8 nitrogen and oxygen atoms in total. The number of hydrogen-bond donors (Lipinski definition) is 0. The van der Waals surface area contributed by atoms with Crippen LogP contribution in [-0.2, 0) is 16.1 Å². The molecule has 1 aromatic carbocycles. The third-order valence-electron chi connectivity index (χ3n) is 6.17. The maximum Gasteiger partial charge on any atom is 0.246 e. The van der Waals surface area contributed by atoms with Gasteiger partial charge in [0.25, 0.3) is 0 Å². The SMILES string of the molecule is CN(C)C/C=C/C(=O)N1Cc2c(-c3ccncc3)c(-c3ccc(F)cc3)nn2[C@H](CC(=O)N(C)C)C1. The summed E-state index contributed by atoms with van der Waals surface area (Å²) in [6, 6.07) is 9.64. The molecule has 0 unspecified atom stereocenters. The van der Waals surface area contributed by atoms with Crippen molar-refractivity contribution < 1.29 is 14.0 Å². The quantitative estimate of drug-likeness (QED) is 0.476. The fourth-order valence-corrected chi connectivity index (χ4v) is 4.30. The van der Waals surface area contributed by atoms with E-state index in [1.54, 1.807) is 54.5 Å². The van der Waals surface area contributed by atoms with Crippen molar-refractivity contribution in [2.24, 2.45) is 0 Å². The lowest BCUT2D eigenvalue weighted by molar-refractivity contribution is -0.132. The number of pyridine rings is 1. The molecular formula is C27H31FN6O2. The number of nitrogens with zero attached hydrogens (tertiary/aromatic N) is 6. The van der Waals surface area contributed by atoms with Crippen LogP contribution in [0.4, 0.5) is 4.39 Å². The Bertz CT molecular complexity index is 1250. The van der Waals surface area contributed by atoms with E-state index >= 15 is 0 Å². The molecule has 1 atom stereocenters. The van der Waals surface area contributed by atoms with Crippen molar-refractivity contribution in [3.05, 3.63) is 72.5 Å². The van der Waals surface area contributed by atoms with Crippen LogP contribution in [0.1, 0.15) is 18.2 Å². The van der Waals surface area contributed by atoms with Crippen LogP contribution in [0.5, 0.6) is 0 Å². The van der Waals surface area contributed by atoms with E-state index in [1.807, 2.05) is 41.9 Å². The maximum absolute atomic E-state index is 13.7. The third kappa shape index (κ3) is 5.52. The lowest BCUT2D eigenvalue weighted by atomic mass is 9.98. The van der Waals surface area contributed by atoms with Gasteiger partial charge >= 0.3 is 0 Å². The van der Waals surface area contributed by atoms with Gasteiger partial charge in [-0.15, -0.1) is 0 Å². The average Bonchev–Trinajstić information content (AvgIpc) is 3.24. The van der Waals surface area contributed by atoms with E-state index in [0.29, 0.717) is 25.3 Å². The Balaban J connectivity index is 1.83. The first-order chi connectivity index (χ1) is 17.2. The van der Waals surface area contributed by atoms with E-state index in [2.05, 4.69) is 4.98 Å². The van der Waals surface area contributed by atoms with Crippen molar-refractivity contribution in [3.63, 3.8) is 0 Å². The van der Waals surface area contributed by atoms with Crippen LogP contribution >= 0.6 is 0 Å². The Kier molecular flexibility index (Phi) is 7.59. The first kappa shape index (κ1) is 25.2. The zero-order valence-corrected chi connectivity index (χ0v) is 21.1. The topological polar surface area (TPSA) is 74.6 Å². The van der Waals surface area contributed by atoms with Gasteiger partial charge in [0.2, 0.25) is 11.8 Å². The molecule has 0 spiro atoms. The van der Waals surface area contributed by atoms with Crippen LogP contribution in [0.2, 0.25) is 0 Å². The first-order valence-corrected chi connectivity index (χ1v) is 11.8. The number of aromatic nitrogens is 3. The van der Waals surface area contributed by atoms with Gasteiger partial charge in [-0.25, -0.2) is 4.39 Å². The van der Waals surface area contributed by atoms with Gasteiger partial charge in [-0.05, 0) is 56.1 Å². The normalized spacial score (nSPS) is 15.4. The monoisotopic (exact) mass is 490 g/mol. The van der Waals surface area contributed by atoms with Crippen molar-refractivity contribution in [1.29, 1.82) is 0 Å². The zero-order valence-electron chi connectivity index (χ0n) is 21.1. The van der Waals surface area contributed by atoms with Crippen LogP contribution in [0.3, 0.4) is 0 Å². The molecule has 9 heteroatoms. The van der Waals surface area contributed by atoms with Crippen LogP contribution in [0.15, 0.2) is 60.9 Å². The summed E-state index contributed by atoms with van der Waals surface area (Å²) in [4.78, 5) is 35.3. The van der Waals surface area contributed by atoms with Gasteiger partial charge in [0.1, 0.15) is 11.5 Å². The molecule has 3 heterocycles. The molecule has 0 bridgehead atoms. The molecular weight excluding hydrogens is 459 g/mol. The molecule has 2 aromatic heterocycles. The van der Waals surface area contributed by atoms with Crippen LogP contribution in [-0.4, -0.2) is 82.6 Å². The van der Waals surface area contributed by atoms with Gasteiger partial charge < -0.3 is 14.7 Å². The lowest BCUT2D eigenvalue weighted by Gasteiger charge is -2.34. The Morgan fingerprint density at radius 2 is 1.75 bits per heavy atom. The molecule has 2 amide bonds. The van der Waals surface area contributed by atoms with Crippen LogP contribution < -0.4 is 0 Å². The molecule has 0 saturated carbocycles. The van der Waals surface area contributed by atoms with Gasteiger partial charge in [-0.3, -0.25) is 19.3 Å². The second-order valence-electron chi connectivity index (χ2n) is 9.39. The number of carbonyl (C=O) groups excluding carboxylic acids is 2. The summed E-state index contributed by atoms with van der Waals surface area (Å²) in [5, 5.41) is 4.94. The number of likely N-dealkylation sites (N-methyl/N-ethyl adjacent to an activating group) is 1. The highest BCUT2D eigenvalue weighted by atomic mass is 19.1. The minimum Gasteiger partial charge on any atom is -0.349 e. The molecule has 188 valence electrons. The van der Waals surface area contributed by atoms with Gasteiger partial charge in [-0.1, -0.05) is 6.08 Å². The van der Waals surface area contributed by atoms with Crippen LogP contribution in [0, 0.1) is 5.82 Å². The average molecular weight is 491 g/mol. The Morgan fingerprint density at radius 3 is 2.39 bits per heavy atom. The second kappa shape index (κ2) is 10.8. The molecule has 0 fully saturated rings. The second-order valence-corrected chi connectivity index (χ2v) is 9.39. The van der Waals surface area contributed by atoms with Gasteiger partial charge in [0.05, 0.1) is 24.7 Å². The largest absolute Gasteiger partial charge is 0.349 e. The summed E-state index contributed by atoms with van der Waals surface area (Å²) >= 11 is 0. The minimum atomic E-state index is -0.343. The van der Waals surface area contributed by atoms with E-state index < -0.39 is 0 Å². The van der Waals surface area contributed by atoms with Gasteiger partial charge in [0, 0.05) is 56.8 Å². The highest BCUT2D eigenvalue weighted by molar-refractivity contribution is 5.89. The summed E-state index contributed by atoms with van der Waals surface area (Å²) < 4.78 is 15.6. The summed E-state index contributed by atoms with van der Waals surface area (Å²) in [5.74, 6) is -0.493. The predicted octanol–water partition coefficient (Wildman–Crippen LogP) is 3.23. The number of amides is 2. The fourth-order valence-electron chi connectivity index (χ4n) is 4.30. The number of halogens is 1. The summed E-state index contributed by atoms with van der Waals surface area (Å²) in [6.07, 6.45) is 7.03. The number of hydrogen-bond acceptors (Lipinski definition) is 5. The number of fused-ring (bicyclic) bond motifs is 1. The molecule has 0 aliphatic carbocycles. The van der Waals surface area contributed by atoms with E-state index in [9.17, 15) is 14.0 Å². The third-order valence-corrected chi connectivity index (χ3v) is 6.17. The Morgan fingerprint density at radius 1 is 1.06 bits per heavy atom. The molecule has 0 radical (unpaired) electrons. The Hall–Kier alpha value is -3.85. The van der Waals surface area contributed by atoms with Gasteiger partial charge in [-0.2, -0.15) is 5.10 Å². The molecule has 0 N–H and O–H groups in total. The molecule has 1 aliphatic rings. The smallest absolute Gasteiger partial charge is 0.246 e. The number of carbonyl (C=O) groups is 2. The zero-order chi connectivity index (χ0) is 25.8. The maximum atomic E-state index is 13.7. The van der Waals surface area contributed by atoms with Crippen molar-refractivity contribution in [2.45, 2.75) is 19.0 Å². The van der Waals surface area contributed by atoms with Gasteiger partial charge in [0.15, 0.2) is 0 Å². The highest BCUT2D eigenvalue weighted by Gasteiger charge is 2.34. The van der Waals surface area contributed by atoms with Crippen molar-refractivity contribution in [3.8, 4) is 22.4 Å². The number of benzene rings is 1. The fraction of sp³-hybridized carbons (Fsp3) is 0.333. The van der Waals surface area contributed by atoms with Crippen molar-refractivity contribution >= 4 is 11.8 Å². The summed E-state index contributed by atoms with van der Waals surface area (Å²) in [5.41, 5.74) is 4.00. The first-order valence-electron chi connectivity index (χ1n) is 11.8. The predicted molar refractivity (Wildman–Crippen MR) is 136 cm³/mol. The van der Waals surface area contributed by atoms with Crippen LogP contribution in [0.25, 0.3) is 22.4 Å². The summed E-state index contributed by atoms with van der Waals surface area (Å²) in [6.45, 7) is 1.35. The van der Waals surface area contributed by atoms with Crippen molar-refractivity contribution in [2.75, 3.05) is 41.3 Å². The van der Waals surface area contributed by atoms with Crippen molar-refractivity contribution in [1.82, 2.24) is 29.5 Å². The number of rotatable bonds is 7. The molecule has 1 aliphatic heterocycles. The molecule has 36 heavy (non-hydrogen) atoms. The highest BCUT2D eigenvalue weighted by Crippen LogP contribution is 2.39.